The van der Waals surface area contributed by atoms with Gasteiger partial charge in [-0.2, -0.15) is 0 Å². The van der Waals surface area contributed by atoms with E-state index in [4.69, 9.17) is 16.0 Å². The highest BCUT2D eigenvalue weighted by Gasteiger charge is 2.11. The summed E-state index contributed by atoms with van der Waals surface area (Å²) in [6.07, 6.45) is 2.10. The summed E-state index contributed by atoms with van der Waals surface area (Å²) in [6.45, 7) is 2.15. The number of rotatable bonds is 3. The van der Waals surface area contributed by atoms with Crippen LogP contribution in [0, 0.1) is 0 Å². The highest BCUT2D eigenvalue weighted by molar-refractivity contribution is 6.21. The Bertz CT molecular complexity index is 684. The first-order valence-corrected chi connectivity index (χ1v) is 6.78. The normalized spacial score (nSPS) is 13.2. The second-order valence-corrected chi connectivity index (χ2v) is 5.14. The third-order valence-electron chi connectivity index (χ3n) is 3.30. The van der Waals surface area contributed by atoms with E-state index >= 15 is 0 Å². The number of hydrogen-bond donors (Lipinski definition) is 0. The molecular formula is C16H15ClO. The SMILES string of the molecule is CCCC(Cl)c1ccc2oc3ccccc3c2c1. The zero-order chi connectivity index (χ0) is 12.5. The second-order valence-electron chi connectivity index (χ2n) is 4.61. The van der Waals surface area contributed by atoms with Gasteiger partial charge >= 0.3 is 0 Å². The molecule has 2 heteroatoms. The van der Waals surface area contributed by atoms with Gasteiger partial charge < -0.3 is 4.42 Å². The van der Waals surface area contributed by atoms with E-state index in [-0.39, 0.29) is 5.38 Å². The molecule has 1 heterocycles. The summed E-state index contributed by atoms with van der Waals surface area (Å²) >= 11 is 6.39. The molecule has 0 fully saturated rings. The maximum absolute atomic E-state index is 6.39. The van der Waals surface area contributed by atoms with Gasteiger partial charge in [0.05, 0.1) is 5.38 Å². The standard InChI is InChI=1S/C16H15ClO/c1-2-5-14(17)11-8-9-16-13(10-11)12-6-3-4-7-15(12)18-16/h3-4,6-10,14H,2,5H2,1H3. The molecule has 1 aromatic heterocycles. The second kappa shape index (κ2) is 4.66. The van der Waals surface area contributed by atoms with E-state index in [1.54, 1.807) is 0 Å². The Morgan fingerprint density at radius 2 is 1.83 bits per heavy atom. The molecule has 0 amide bonds. The van der Waals surface area contributed by atoms with Crippen molar-refractivity contribution in [1.82, 2.24) is 0 Å². The number of benzene rings is 2. The van der Waals surface area contributed by atoms with Crippen LogP contribution in [0.5, 0.6) is 0 Å². The maximum Gasteiger partial charge on any atom is 0.135 e. The van der Waals surface area contributed by atoms with Crippen LogP contribution in [0.4, 0.5) is 0 Å². The van der Waals surface area contributed by atoms with E-state index in [1.165, 1.54) is 5.56 Å². The number of para-hydroxylation sites is 1. The summed E-state index contributed by atoms with van der Waals surface area (Å²) in [5.41, 5.74) is 3.05. The molecule has 3 rings (SSSR count). The number of fused-ring (bicyclic) bond motifs is 3. The predicted octanol–water partition coefficient (Wildman–Crippen LogP) is 5.67. The van der Waals surface area contributed by atoms with Crippen LogP contribution in [0.3, 0.4) is 0 Å². The summed E-state index contributed by atoms with van der Waals surface area (Å²) in [5.74, 6) is 0. The van der Waals surface area contributed by atoms with Gasteiger partial charge in [0, 0.05) is 10.8 Å². The molecule has 0 saturated heterocycles. The van der Waals surface area contributed by atoms with Crippen molar-refractivity contribution in [3.8, 4) is 0 Å². The Labute approximate surface area is 111 Å². The lowest BCUT2D eigenvalue weighted by atomic mass is 10.0. The van der Waals surface area contributed by atoms with Gasteiger partial charge in [0.25, 0.3) is 0 Å². The molecule has 1 atom stereocenters. The molecule has 2 aromatic carbocycles. The summed E-state index contributed by atoms with van der Waals surface area (Å²) in [5, 5.41) is 2.41. The largest absolute Gasteiger partial charge is 0.456 e. The van der Waals surface area contributed by atoms with Crippen molar-refractivity contribution in [3.63, 3.8) is 0 Å². The van der Waals surface area contributed by atoms with Crippen LogP contribution in [0.25, 0.3) is 21.9 Å². The molecule has 92 valence electrons. The third-order valence-corrected chi connectivity index (χ3v) is 3.77. The Hall–Kier alpha value is -1.47. The smallest absolute Gasteiger partial charge is 0.135 e. The van der Waals surface area contributed by atoms with Gasteiger partial charge in [0.1, 0.15) is 11.2 Å². The van der Waals surface area contributed by atoms with Crippen LogP contribution in [0.1, 0.15) is 30.7 Å². The van der Waals surface area contributed by atoms with E-state index in [0.717, 1.165) is 34.8 Å². The lowest BCUT2D eigenvalue weighted by molar-refractivity contribution is 0.668. The fourth-order valence-corrected chi connectivity index (χ4v) is 2.71. The lowest BCUT2D eigenvalue weighted by Crippen LogP contribution is -1.88. The van der Waals surface area contributed by atoms with Crippen molar-refractivity contribution >= 4 is 33.5 Å². The van der Waals surface area contributed by atoms with Crippen molar-refractivity contribution < 1.29 is 4.42 Å². The van der Waals surface area contributed by atoms with Gasteiger partial charge in [0.2, 0.25) is 0 Å². The Morgan fingerprint density at radius 1 is 1.06 bits per heavy atom. The summed E-state index contributed by atoms with van der Waals surface area (Å²) in [4.78, 5) is 0. The molecule has 0 saturated carbocycles. The van der Waals surface area contributed by atoms with Crippen molar-refractivity contribution in [2.45, 2.75) is 25.1 Å². The fraction of sp³-hybridized carbons (Fsp3) is 0.250. The number of alkyl halides is 1. The Balaban J connectivity index is 2.18. The molecule has 0 radical (unpaired) electrons. The lowest BCUT2D eigenvalue weighted by Gasteiger charge is -2.07. The van der Waals surface area contributed by atoms with E-state index in [9.17, 15) is 0 Å². The van der Waals surface area contributed by atoms with Gasteiger partial charge in [-0.3, -0.25) is 0 Å². The average molecular weight is 259 g/mol. The molecule has 1 unspecified atom stereocenters. The van der Waals surface area contributed by atoms with Crippen LogP contribution in [-0.4, -0.2) is 0 Å². The zero-order valence-electron chi connectivity index (χ0n) is 10.3. The molecule has 0 aliphatic carbocycles. The minimum Gasteiger partial charge on any atom is -0.456 e. The number of furan rings is 1. The van der Waals surface area contributed by atoms with E-state index < -0.39 is 0 Å². The molecule has 0 bridgehead atoms. The van der Waals surface area contributed by atoms with Crippen LogP contribution < -0.4 is 0 Å². The van der Waals surface area contributed by atoms with E-state index in [1.807, 2.05) is 24.3 Å². The third kappa shape index (κ3) is 1.89. The summed E-state index contributed by atoms with van der Waals surface area (Å²) < 4.78 is 5.80. The molecular weight excluding hydrogens is 244 g/mol. The first kappa shape index (κ1) is 11.6. The van der Waals surface area contributed by atoms with Crippen molar-refractivity contribution in [2.75, 3.05) is 0 Å². The molecule has 18 heavy (non-hydrogen) atoms. The van der Waals surface area contributed by atoms with Crippen LogP contribution in [0.15, 0.2) is 46.9 Å². The zero-order valence-corrected chi connectivity index (χ0v) is 11.1. The molecule has 1 nitrogen and oxygen atoms in total. The van der Waals surface area contributed by atoms with E-state index in [0.29, 0.717) is 0 Å². The highest BCUT2D eigenvalue weighted by atomic mass is 35.5. The van der Waals surface area contributed by atoms with Crippen LogP contribution in [-0.2, 0) is 0 Å². The molecule has 3 aromatic rings. The molecule has 0 spiro atoms. The fourth-order valence-electron chi connectivity index (χ4n) is 2.36. The Morgan fingerprint density at radius 3 is 2.67 bits per heavy atom. The summed E-state index contributed by atoms with van der Waals surface area (Å²) in [7, 11) is 0. The topological polar surface area (TPSA) is 13.1 Å². The number of halogens is 1. The highest BCUT2D eigenvalue weighted by Crippen LogP contribution is 2.33. The first-order valence-electron chi connectivity index (χ1n) is 6.35. The van der Waals surface area contributed by atoms with Crippen molar-refractivity contribution in [1.29, 1.82) is 0 Å². The monoisotopic (exact) mass is 258 g/mol. The van der Waals surface area contributed by atoms with Gasteiger partial charge in [-0.25, -0.2) is 0 Å². The van der Waals surface area contributed by atoms with Crippen LogP contribution in [0.2, 0.25) is 0 Å². The molecule has 0 aliphatic heterocycles. The van der Waals surface area contributed by atoms with Gasteiger partial charge in [-0.1, -0.05) is 37.6 Å². The van der Waals surface area contributed by atoms with Crippen molar-refractivity contribution in [3.05, 3.63) is 48.0 Å². The van der Waals surface area contributed by atoms with E-state index in [2.05, 4.69) is 25.1 Å². The quantitative estimate of drug-likeness (QED) is 0.552. The van der Waals surface area contributed by atoms with Crippen LogP contribution >= 0.6 is 11.6 Å². The molecule has 0 N–H and O–H groups in total. The Kier molecular flexibility index (Phi) is 3.00. The maximum atomic E-state index is 6.39. The minimum atomic E-state index is 0.0908. The summed E-state index contributed by atoms with van der Waals surface area (Å²) in [6, 6.07) is 14.4. The van der Waals surface area contributed by atoms with Gasteiger partial charge in [0.15, 0.2) is 0 Å². The average Bonchev–Trinajstić information content (AvgIpc) is 2.76. The molecule has 0 aliphatic rings. The van der Waals surface area contributed by atoms with Gasteiger partial charge in [-0.05, 0) is 30.2 Å². The predicted molar refractivity (Wildman–Crippen MR) is 77.2 cm³/mol. The first-order chi connectivity index (χ1) is 8.79. The minimum absolute atomic E-state index is 0.0908. The number of hydrogen-bond acceptors (Lipinski definition) is 1. The van der Waals surface area contributed by atoms with Gasteiger partial charge in [-0.15, -0.1) is 11.6 Å². The van der Waals surface area contributed by atoms with Crippen molar-refractivity contribution in [2.24, 2.45) is 0 Å².